The van der Waals surface area contributed by atoms with Crippen LogP contribution in [-0.2, 0) is 0 Å². The van der Waals surface area contributed by atoms with Crippen LogP contribution in [0.5, 0.6) is 0 Å². The summed E-state index contributed by atoms with van der Waals surface area (Å²) in [6, 6.07) is 0. The maximum Gasteiger partial charge on any atom is 0.197 e. The van der Waals surface area contributed by atoms with Gasteiger partial charge in [-0.2, -0.15) is 5.23 Å². The van der Waals surface area contributed by atoms with E-state index in [2.05, 4.69) is 48.0 Å². The fourth-order valence-electron chi connectivity index (χ4n) is 4.52. The Morgan fingerprint density at radius 1 is 1.30 bits per heavy atom. The molecule has 0 aromatic rings. The highest BCUT2D eigenvalue weighted by molar-refractivity contribution is 5.83. The van der Waals surface area contributed by atoms with Crippen molar-refractivity contribution in [1.29, 1.82) is 0 Å². The molecule has 8 heteroatoms. The molecule has 1 heterocycles. The van der Waals surface area contributed by atoms with Crippen molar-refractivity contribution in [3.8, 4) is 0 Å². The van der Waals surface area contributed by atoms with Crippen LogP contribution in [0.2, 0.25) is 0 Å². The Kier molecular flexibility index (Phi) is 7.70. The first-order chi connectivity index (χ1) is 14.3. The second-order valence-corrected chi connectivity index (χ2v) is 9.20. The normalized spacial score (nSPS) is 36.5. The number of hydroxylamine groups is 2. The number of hydrogen-bond donors (Lipinski definition) is 6. The molecular weight excluding hydrogens is 380 g/mol. The van der Waals surface area contributed by atoms with Gasteiger partial charge in [0.05, 0.1) is 12.7 Å². The molecule has 0 amide bonds. The van der Waals surface area contributed by atoms with Crippen molar-refractivity contribution >= 4 is 5.96 Å². The number of aliphatic imine (C=N–C) groups is 1. The number of hydrogen-bond acceptors (Lipinski definition) is 5. The fourth-order valence-corrected chi connectivity index (χ4v) is 4.52. The second-order valence-electron chi connectivity index (χ2n) is 9.20. The molecule has 1 fully saturated rings. The molecule has 2 aliphatic carbocycles. The number of allylic oxidation sites excluding steroid dienone is 3. The third-order valence-electron chi connectivity index (χ3n) is 7.05. The van der Waals surface area contributed by atoms with Crippen LogP contribution in [0.3, 0.4) is 0 Å². The molecule has 30 heavy (non-hydrogen) atoms. The molecule has 0 radical (unpaired) electrons. The largest absolute Gasteiger partial charge is 0.595 e. The minimum atomic E-state index is -0.946. The molecule has 0 aromatic heterocycles. The zero-order valence-corrected chi connectivity index (χ0v) is 18.4. The minimum Gasteiger partial charge on any atom is -0.595 e. The number of guanidine groups is 1. The van der Waals surface area contributed by atoms with E-state index >= 15 is 0 Å². The van der Waals surface area contributed by atoms with Crippen molar-refractivity contribution in [2.75, 3.05) is 19.6 Å². The van der Waals surface area contributed by atoms with Gasteiger partial charge in [0.1, 0.15) is 0 Å². The second kappa shape index (κ2) is 10.1. The van der Waals surface area contributed by atoms with Gasteiger partial charge in [-0.05, 0) is 68.4 Å². The average Bonchev–Trinajstić information content (AvgIpc) is 2.73. The Morgan fingerprint density at radius 2 is 2.00 bits per heavy atom. The van der Waals surface area contributed by atoms with E-state index in [4.69, 9.17) is 10.7 Å². The van der Waals surface area contributed by atoms with Gasteiger partial charge in [-0.1, -0.05) is 32.1 Å². The van der Waals surface area contributed by atoms with E-state index < -0.39 is 10.9 Å². The summed E-state index contributed by atoms with van der Waals surface area (Å²) in [4.78, 5) is 4.70. The first-order valence-corrected chi connectivity index (χ1v) is 11.2. The molecule has 7 N–H and O–H groups in total. The molecule has 0 bridgehead atoms. The predicted octanol–water partition coefficient (Wildman–Crippen LogP) is 0.988. The number of quaternary nitrogens is 1. The van der Waals surface area contributed by atoms with Crippen molar-refractivity contribution in [2.45, 2.75) is 52.1 Å². The van der Waals surface area contributed by atoms with Gasteiger partial charge in [-0.25, -0.2) is 10.2 Å². The van der Waals surface area contributed by atoms with E-state index in [-0.39, 0.29) is 5.70 Å². The molecule has 3 rings (SSSR count). The molecule has 4 unspecified atom stereocenters. The monoisotopic (exact) mass is 418 g/mol. The Bertz CT molecular complexity index is 708. The van der Waals surface area contributed by atoms with Crippen LogP contribution in [0.25, 0.3) is 0 Å². The van der Waals surface area contributed by atoms with Crippen molar-refractivity contribution in [3.05, 3.63) is 40.9 Å². The maximum atomic E-state index is 11.8. The molecule has 8 nitrogen and oxygen atoms in total. The fraction of sp³-hybridized carbons (Fsp3) is 0.682. The number of nitrogens with zero attached hydrogens (tertiary/aromatic N) is 1. The van der Waals surface area contributed by atoms with E-state index in [0.29, 0.717) is 36.2 Å². The summed E-state index contributed by atoms with van der Waals surface area (Å²) in [6.07, 6.45) is 12.6. The molecule has 0 spiro atoms. The quantitative estimate of drug-likeness (QED) is 0.343. The molecule has 168 valence electrons. The van der Waals surface area contributed by atoms with Crippen LogP contribution in [-0.4, -0.2) is 36.5 Å². The van der Waals surface area contributed by atoms with E-state index in [0.717, 1.165) is 38.8 Å². The van der Waals surface area contributed by atoms with Crippen molar-refractivity contribution < 1.29 is 10.4 Å². The standard InChI is InChI=1S/C22H38N6O2/c1-15-5-4-6-19(16(15)2)13-24-21-25-14-20(28(29)30)22(3,27-21)26-12-18-9-7-17(11-23)8-10-18/h4-6,14-18,26,28-29H,7-13,23H2,1-3H3,(H2,24,25,27). The Hall–Kier alpha value is -1.71. The summed E-state index contributed by atoms with van der Waals surface area (Å²) in [5.41, 5.74) is 6.47. The first-order valence-electron chi connectivity index (χ1n) is 11.2. The first kappa shape index (κ1) is 23.0. The number of nitrogens with two attached hydrogens (primary N) is 1. The average molecular weight is 419 g/mol. The molecular formula is C22H38N6O2. The summed E-state index contributed by atoms with van der Waals surface area (Å²) in [7, 11) is 0. The van der Waals surface area contributed by atoms with Crippen LogP contribution in [0.15, 0.2) is 40.7 Å². The summed E-state index contributed by atoms with van der Waals surface area (Å²) in [6.45, 7) is 8.42. The highest BCUT2D eigenvalue weighted by atomic mass is 16.8. The van der Waals surface area contributed by atoms with E-state index in [1.54, 1.807) is 6.20 Å². The lowest BCUT2D eigenvalue weighted by Gasteiger charge is -2.40. The highest BCUT2D eigenvalue weighted by Crippen LogP contribution is 2.28. The maximum absolute atomic E-state index is 11.8. The van der Waals surface area contributed by atoms with Crippen LogP contribution in [0, 0.1) is 28.9 Å². The highest BCUT2D eigenvalue weighted by Gasteiger charge is 2.39. The Labute approximate surface area is 179 Å². The number of nitrogens with one attached hydrogen (secondary N) is 4. The van der Waals surface area contributed by atoms with Gasteiger partial charge in [0.15, 0.2) is 17.3 Å². The van der Waals surface area contributed by atoms with Gasteiger partial charge >= 0.3 is 0 Å². The summed E-state index contributed by atoms with van der Waals surface area (Å²) >= 11 is 0. The Morgan fingerprint density at radius 3 is 2.67 bits per heavy atom. The number of rotatable bonds is 7. The smallest absolute Gasteiger partial charge is 0.197 e. The molecule has 4 atom stereocenters. The third-order valence-corrected chi connectivity index (χ3v) is 7.05. The van der Waals surface area contributed by atoms with Gasteiger partial charge in [-0.15, -0.1) is 0 Å². The van der Waals surface area contributed by atoms with E-state index in [1.165, 1.54) is 5.57 Å². The molecule has 3 aliphatic rings. The Balaban J connectivity index is 1.64. The topological polar surface area (TPSA) is 122 Å². The van der Waals surface area contributed by atoms with Crippen molar-refractivity contribution in [3.63, 3.8) is 0 Å². The van der Waals surface area contributed by atoms with E-state index in [9.17, 15) is 10.4 Å². The van der Waals surface area contributed by atoms with Crippen molar-refractivity contribution in [1.82, 2.24) is 16.0 Å². The van der Waals surface area contributed by atoms with Gasteiger partial charge in [0, 0.05) is 6.54 Å². The van der Waals surface area contributed by atoms with Crippen LogP contribution in [0.1, 0.15) is 46.5 Å². The zero-order chi connectivity index (χ0) is 21.7. The lowest BCUT2D eigenvalue weighted by molar-refractivity contribution is -1.02. The summed E-state index contributed by atoms with van der Waals surface area (Å²) < 4.78 is 0. The molecule has 1 saturated carbocycles. The molecule has 0 aromatic carbocycles. The lowest BCUT2D eigenvalue weighted by Crippen LogP contribution is -3.06. The van der Waals surface area contributed by atoms with Gasteiger partial charge in [0.2, 0.25) is 0 Å². The van der Waals surface area contributed by atoms with Crippen LogP contribution >= 0.6 is 0 Å². The van der Waals surface area contributed by atoms with Gasteiger partial charge in [0.25, 0.3) is 0 Å². The summed E-state index contributed by atoms with van der Waals surface area (Å²) in [5, 5.41) is 30.4. The van der Waals surface area contributed by atoms with Gasteiger partial charge in [-0.3, -0.25) is 5.32 Å². The predicted molar refractivity (Wildman–Crippen MR) is 119 cm³/mol. The van der Waals surface area contributed by atoms with E-state index in [1.807, 2.05) is 6.92 Å². The zero-order valence-electron chi connectivity index (χ0n) is 18.4. The van der Waals surface area contributed by atoms with Gasteiger partial charge < -0.3 is 21.6 Å². The van der Waals surface area contributed by atoms with Crippen molar-refractivity contribution in [2.24, 2.45) is 34.4 Å². The molecule has 0 saturated heterocycles. The summed E-state index contributed by atoms with van der Waals surface area (Å²) in [5.74, 6) is 2.71. The minimum absolute atomic E-state index is 0.263. The third kappa shape index (κ3) is 5.50. The van der Waals surface area contributed by atoms with Crippen LogP contribution < -0.4 is 26.9 Å². The molecule has 1 aliphatic heterocycles. The lowest BCUT2D eigenvalue weighted by atomic mass is 9.82. The van der Waals surface area contributed by atoms with Crippen LogP contribution in [0.4, 0.5) is 0 Å². The SMILES string of the molecule is CC1C=CC=C(CN=C2NC=C([NH+]([O-])O)C(C)(NCC3CCC(CN)CC3)N2)C1C.